The molecule has 1 spiro atoms. The largest absolute Gasteiger partial charge is 0.490 e. The van der Waals surface area contributed by atoms with E-state index in [1.165, 1.54) is 28.6 Å². The number of halogens is 1. The summed E-state index contributed by atoms with van der Waals surface area (Å²) in [6.45, 7) is 13.0. The summed E-state index contributed by atoms with van der Waals surface area (Å²) in [5.74, 6) is 0.444. The summed E-state index contributed by atoms with van der Waals surface area (Å²) in [6, 6.07) is 33.3. The summed E-state index contributed by atoms with van der Waals surface area (Å²) >= 11 is 6.53. The first-order valence-electron chi connectivity index (χ1n) is 19.6. The van der Waals surface area contributed by atoms with Gasteiger partial charge in [-0.25, -0.2) is 4.79 Å². The first-order chi connectivity index (χ1) is 26.4. The molecule has 7 rings (SSSR count). The lowest BCUT2D eigenvalue weighted by Crippen LogP contribution is -2.68. The van der Waals surface area contributed by atoms with Crippen LogP contribution in [0.15, 0.2) is 110 Å². The van der Waals surface area contributed by atoms with Gasteiger partial charge >= 0.3 is 5.97 Å². The molecule has 1 heterocycles. The number of methoxy groups -OCH3 is 1. The van der Waals surface area contributed by atoms with Crippen LogP contribution in [-0.4, -0.2) is 58.8 Å². The van der Waals surface area contributed by atoms with Gasteiger partial charge in [-0.2, -0.15) is 0 Å². The third-order valence-corrected chi connectivity index (χ3v) is 17.9. The molecule has 5 atom stereocenters. The number of fused-ring (bicyclic) bond motifs is 3. The molecule has 0 saturated heterocycles. The summed E-state index contributed by atoms with van der Waals surface area (Å²) in [5.41, 5.74) is 7.53. The number of carbonyl (C=O) groups excluding carboxylic acids is 1. The number of hydrogen-bond donors (Lipinski definition) is 2. The SMILES string of the molecule is C=C[C@H](O[Si](c1ccccc1)(c1ccccc1)C(C)(C)C)[C@@H]1CC[C@H]1CN1C[C@@]2(CCCc3cc(Cl)ccc32)COc2ccc(C(O)(CN)C(=O)OC)cc21. The van der Waals surface area contributed by atoms with E-state index in [1.807, 2.05) is 24.3 Å². The minimum absolute atomic E-state index is 0.170. The van der Waals surface area contributed by atoms with Crippen molar-refractivity contribution in [1.29, 1.82) is 0 Å². The summed E-state index contributed by atoms with van der Waals surface area (Å²) in [7, 11) is -1.58. The highest BCUT2D eigenvalue weighted by molar-refractivity contribution is 6.99. The second-order valence-electron chi connectivity index (χ2n) is 16.8. The van der Waals surface area contributed by atoms with Crippen LogP contribution in [0.25, 0.3) is 0 Å². The van der Waals surface area contributed by atoms with Gasteiger partial charge in [0.2, 0.25) is 0 Å². The van der Waals surface area contributed by atoms with Crippen LogP contribution in [0.5, 0.6) is 5.75 Å². The lowest BCUT2D eigenvalue weighted by molar-refractivity contribution is -0.162. The molecule has 1 unspecified atom stereocenters. The van der Waals surface area contributed by atoms with Crippen molar-refractivity contribution in [3.63, 3.8) is 0 Å². The number of rotatable bonds is 11. The summed E-state index contributed by atoms with van der Waals surface area (Å²) in [4.78, 5) is 15.4. The molecule has 0 bridgehead atoms. The number of anilines is 1. The Morgan fingerprint density at radius 2 is 1.75 bits per heavy atom. The topological polar surface area (TPSA) is 94.3 Å². The highest BCUT2D eigenvalue weighted by Gasteiger charge is 2.53. The van der Waals surface area contributed by atoms with Gasteiger partial charge in [0.05, 0.1) is 25.5 Å². The van der Waals surface area contributed by atoms with Crippen LogP contribution in [0.4, 0.5) is 5.69 Å². The Kier molecular flexibility index (Phi) is 11.1. The van der Waals surface area contributed by atoms with Gasteiger partial charge in [0.15, 0.2) is 5.60 Å². The van der Waals surface area contributed by atoms with Crippen LogP contribution >= 0.6 is 11.6 Å². The van der Waals surface area contributed by atoms with Crippen molar-refractivity contribution in [3.05, 3.63) is 131 Å². The van der Waals surface area contributed by atoms with E-state index in [4.69, 9.17) is 31.2 Å². The number of aryl methyl sites for hydroxylation is 1. The van der Waals surface area contributed by atoms with Gasteiger partial charge in [0.25, 0.3) is 8.32 Å². The summed E-state index contributed by atoms with van der Waals surface area (Å²) in [5, 5.41) is 14.6. The first-order valence-corrected chi connectivity index (χ1v) is 21.9. The van der Waals surface area contributed by atoms with E-state index in [0.29, 0.717) is 24.5 Å². The van der Waals surface area contributed by atoms with Crippen LogP contribution in [0.2, 0.25) is 10.1 Å². The summed E-state index contributed by atoms with van der Waals surface area (Å²) < 4.78 is 19.5. The Morgan fingerprint density at radius 3 is 2.33 bits per heavy atom. The monoisotopic (exact) mass is 778 g/mol. The van der Waals surface area contributed by atoms with Crippen molar-refractivity contribution in [2.75, 3.05) is 38.3 Å². The van der Waals surface area contributed by atoms with Crippen molar-refractivity contribution in [2.24, 2.45) is 17.6 Å². The average Bonchev–Trinajstić information content (AvgIpc) is 3.34. The molecule has 1 saturated carbocycles. The Bertz CT molecular complexity index is 1970. The molecule has 7 nitrogen and oxygen atoms in total. The standard InChI is InChI=1S/C46H55ClN2O5Si/c1-6-41(54-55(44(2,3)4,36-15-9-7-10-16-36)37-17-11-8-12-18-37)38-22-19-33(38)28-49-30-45(25-13-14-32-26-35(47)21-23-39(32)45)31-53-42-24-20-34(27-40(42)49)46(51,29-48)43(50)52-5/h6-12,15-18,20-21,23-24,26-27,33,38,41,51H,1,13-14,19,22,25,28-31,48H2,2-5H3/t33-,38+,41-,45-,46?/m0/s1. The zero-order valence-corrected chi connectivity index (χ0v) is 34.4. The second-order valence-corrected chi connectivity index (χ2v) is 21.5. The zero-order chi connectivity index (χ0) is 39.0. The molecule has 9 heteroatoms. The Labute approximate surface area is 332 Å². The van der Waals surface area contributed by atoms with Crippen LogP contribution in [-0.2, 0) is 31.4 Å². The molecule has 2 aliphatic carbocycles. The average molecular weight is 779 g/mol. The molecule has 0 radical (unpaired) electrons. The number of nitrogens with two attached hydrogens (primary N) is 1. The molecular weight excluding hydrogens is 724 g/mol. The van der Waals surface area contributed by atoms with Crippen LogP contribution in [0.1, 0.15) is 63.1 Å². The molecule has 3 aliphatic rings. The van der Waals surface area contributed by atoms with Crippen LogP contribution in [0, 0.1) is 11.8 Å². The maximum absolute atomic E-state index is 12.9. The molecule has 1 fully saturated rings. The maximum atomic E-state index is 12.9. The van der Waals surface area contributed by atoms with E-state index in [-0.39, 0.29) is 34.9 Å². The van der Waals surface area contributed by atoms with Crippen molar-refractivity contribution in [3.8, 4) is 5.75 Å². The smallest absolute Gasteiger partial charge is 0.343 e. The number of nitrogens with zero attached hydrogens (tertiary/aromatic N) is 1. The fraction of sp³-hybridized carbons (Fsp3) is 0.413. The highest BCUT2D eigenvalue weighted by atomic mass is 35.5. The van der Waals surface area contributed by atoms with Crippen molar-refractivity contribution < 1.29 is 23.8 Å². The van der Waals surface area contributed by atoms with Gasteiger partial charge in [0, 0.05) is 30.1 Å². The van der Waals surface area contributed by atoms with Crippen molar-refractivity contribution >= 4 is 41.9 Å². The lowest BCUT2D eigenvalue weighted by atomic mass is 9.68. The number of carbonyl (C=O) groups is 1. The third-order valence-electron chi connectivity index (χ3n) is 12.6. The van der Waals surface area contributed by atoms with Gasteiger partial charge < -0.3 is 29.6 Å². The Hall–Kier alpha value is -3.92. The van der Waals surface area contributed by atoms with E-state index in [0.717, 1.165) is 49.4 Å². The number of ether oxygens (including phenoxy) is 2. The Morgan fingerprint density at radius 1 is 1.05 bits per heavy atom. The molecule has 4 aromatic rings. The first kappa shape index (κ1) is 39.3. The van der Waals surface area contributed by atoms with Crippen molar-refractivity contribution in [1.82, 2.24) is 0 Å². The third kappa shape index (κ3) is 7.06. The molecule has 290 valence electrons. The molecule has 55 heavy (non-hydrogen) atoms. The van der Waals surface area contributed by atoms with Gasteiger partial charge in [-0.15, -0.1) is 6.58 Å². The number of benzene rings is 4. The number of esters is 1. The Balaban J connectivity index is 1.28. The van der Waals surface area contributed by atoms with E-state index < -0.39 is 19.9 Å². The summed E-state index contributed by atoms with van der Waals surface area (Å²) in [6.07, 6.45) is 6.90. The second kappa shape index (κ2) is 15.5. The number of aliphatic hydroxyl groups is 1. The van der Waals surface area contributed by atoms with E-state index in [2.05, 4.69) is 105 Å². The van der Waals surface area contributed by atoms with Gasteiger partial charge in [-0.05, 0) is 100 Å². The normalized spacial score (nSPS) is 22.6. The minimum atomic E-state index is -2.85. The predicted octanol–water partition coefficient (Wildman–Crippen LogP) is 7.29. The quantitative estimate of drug-likeness (QED) is 0.0939. The number of hydrogen-bond acceptors (Lipinski definition) is 7. The predicted molar refractivity (Wildman–Crippen MR) is 224 cm³/mol. The fourth-order valence-electron chi connectivity index (χ4n) is 9.60. The molecule has 4 aromatic carbocycles. The molecular formula is C46H55ClN2O5Si. The molecule has 0 aromatic heterocycles. The van der Waals surface area contributed by atoms with Gasteiger partial charge in [-0.1, -0.05) is 111 Å². The van der Waals surface area contributed by atoms with Crippen LogP contribution in [0.3, 0.4) is 0 Å². The molecule has 3 N–H and O–H groups in total. The van der Waals surface area contributed by atoms with E-state index in [9.17, 15) is 9.90 Å². The highest BCUT2D eigenvalue weighted by Crippen LogP contribution is 2.48. The van der Waals surface area contributed by atoms with Crippen molar-refractivity contribution in [2.45, 2.75) is 75.0 Å². The minimum Gasteiger partial charge on any atom is -0.490 e. The maximum Gasteiger partial charge on any atom is 0.343 e. The zero-order valence-electron chi connectivity index (χ0n) is 32.6. The van der Waals surface area contributed by atoms with Gasteiger partial charge in [0.1, 0.15) is 5.75 Å². The molecule has 0 amide bonds. The van der Waals surface area contributed by atoms with E-state index >= 15 is 0 Å². The fourth-order valence-corrected chi connectivity index (χ4v) is 14.5. The van der Waals surface area contributed by atoms with Crippen LogP contribution < -0.4 is 25.7 Å². The van der Waals surface area contributed by atoms with E-state index in [1.54, 1.807) is 6.07 Å². The van der Waals surface area contributed by atoms with Gasteiger partial charge in [-0.3, -0.25) is 0 Å². The lowest BCUT2D eigenvalue weighted by Gasteiger charge is -2.50. The molecule has 1 aliphatic heterocycles.